The van der Waals surface area contributed by atoms with E-state index in [-0.39, 0.29) is 18.6 Å². The molecule has 0 atom stereocenters. The summed E-state index contributed by atoms with van der Waals surface area (Å²) >= 11 is 1.44. The van der Waals surface area contributed by atoms with Crippen LogP contribution in [0.15, 0.2) is 5.38 Å². The molecule has 1 heterocycles. The maximum absolute atomic E-state index is 11.5. The predicted molar refractivity (Wildman–Crippen MR) is 57.4 cm³/mol. The van der Waals surface area contributed by atoms with E-state index >= 15 is 0 Å². The molecule has 15 heavy (non-hydrogen) atoms. The second-order valence-electron chi connectivity index (χ2n) is 3.54. The van der Waals surface area contributed by atoms with Gasteiger partial charge in [-0.25, -0.2) is 4.98 Å². The Labute approximate surface area is 92.0 Å². The number of carboxylic acid groups (broad SMARTS) is 1. The van der Waals surface area contributed by atoms with Crippen LogP contribution in [0.1, 0.15) is 48.1 Å². The van der Waals surface area contributed by atoms with Crippen LogP contribution in [0.4, 0.5) is 0 Å². The molecule has 0 aliphatic carbocycles. The SMILES string of the molecule is CC(C)c1nc(C(=O)CCC(=O)O)cs1. The van der Waals surface area contributed by atoms with E-state index in [1.807, 2.05) is 13.8 Å². The number of Topliss-reactive ketones (excluding diaryl/α,β-unsaturated/α-hetero) is 1. The quantitative estimate of drug-likeness (QED) is 0.784. The second-order valence-corrected chi connectivity index (χ2v) is 4.43. The summed E-state index contributed by atoms with van der Waals surface area (Å²) in [5, 5.41) is 11.0. The Morgan fingerprint density at radius 3 is 2.60 bits per heavy atom. The molecule has 0 bridgehead atoms. The molecule has 1 N–H and O–H groups in total. The Morgan fingerprint density at radius 2 is 2.13 bits per heavy atom. The van der Waals surface area contributed by atoms with Crippen molar-refractivity contribution in [3.05, 3.63) is 16.1 Å². The third-order valence-electron chi connectivity index (χ3n) is 1.87. The lowest BCUT2D eigenvalue weighted by molar-refractivity contribution is -0.136. The number of rotatable bonds is 5. The number of ketones is 1. The molecular formula is C10H13NO3S. The average Bonchev–Trinajstić information content (AvgIpc) is 2.62. The van der Waals surface area contributed by atoms with Gasteiger partial charge in [0.1, 0.15) is 5.69 Å². The zero-order chi connectivity index (χ0) is 11.4. The highest BCUT2D eigenvalue weighted by atomic mass is 32.1. The van der Waals surface area contributed by atoms with Gasteiger partial charge in [-0.1, -0.05) is 13.8 Å². The van der Waals surface area contributed by atoms with Gasteiger partial charge in [-0.05, 0) is 0 Å². The number of carbonyl (C=O) groups is 2. The Hall–Kier alpha value is -1.23. The summed E-state index contributed by atoms with van der Waals surface area (Å²) in [5.41, 5.74) is 0.393. The van der Waals surface area contributed by atoms with Crippen molar-refractivity contribution in [3.63, 3.8) is 0 Å². The summed E-state index contributed by atoms with van der Waals surface area (Å²) in [6.07, 6.45) is -0.107. The van der Waals surface area contributed by atoms with Gasteiger partial charge in [-0.15, -0.1) is 11.3 Å². The van der Waals surface area contributed by atoms with Crippen molar-refractivity contribution in [1.29, 1.82) is 0 Å². The number of carboxylic acids is 1. The fraction of sp³-hybridized carbons (Fsp3) is 0.500. The number of thiazole rings is 1. The fourth-order valence-corrected chi connectivity index (χ4v) is 1.87. The van der Waals surface area contributed by atoms with Crippen molar-refractivity contribution >= 4 is 23.1 Å². The highest BCUT2D eigenvalue weighted by Crippen LogP contribution is 2.20. The van der Waals surface area contributed by atoms with Crippen LogP contribution in [-0.4, -0.2) is 21.8 Å². The Bertz CT molecular complexity index is 370. The molecule has 1 rings (SSSR count). The zero-order valence-corrected chi connectivity index (χ0v) is 9.50. The van der Waals surface area contributed by atoms with Gasteiger partial charge < -0.3 is 5.11 Å². The largest absolute Gasteiger partial charge is 0.481 e. The number of aliphatic carboxylic acids is 1. The van der Waals surface area contributed by atoms with Crippen LogP contribution in [-0.2, 0) is 4.79 Å². The fourth-order valence-electron chi connectivity index (χ4n) is 1.03. The summed E-state index contributed by atoms with van der Waals surface area (Å²) < 4.78 is 0. The van der Waals surface area contributed by atoms with Crippen LogP contribution in [0, 0.1) is 0 Å². The van der Waals surface area contributed by atoms with E-state index in [1.54, 1.807) is 5.38 Å². The summed E-state index contributed by atoms with van der Waals surface area (Å²) in [6, 6.07) is 0. The topological polar surface area (TPSA) is 67.3 Å². The molecule has 1 aromatic heterocycles. The first-order chi connectivity index (χ1) is 7.00. The van der Waals surface area contributed by atoms with Crippen LogP contribution in [0.25, 0.3) is 0 Å². The summed E-state index contributed by atoms with van der Waals surface area (Å²) in [6.45, 7) is 4.01. The van der Waals surface area contributed by atoms with Crippen molar-refractivity contribution in [2.24, 2.45) is 0 Å². The van der Waals surface area contributed by atoms with E-state index < -0.39 is 5.97 Å². The van der Waals surface area contributed by atoms with Gasteiger partial charge in [0, 0.05) is 17.7 Å². The minimum absolute atomic E-state index is 0.0244. The highest BCUT2D eigenvalue weighted by molar-refractivity contribution is 7.09. The van der Waals surface area contributed by atoms with Gasteiger partial charge in [0.25, 0.3) is 0 Å². The molecular weight excluding hydrogens is 214 g/mol. The van der Waals surface area contributed by atoms with Crippen LogP contribution >= 0.6 is 11.3 Å². The van der Waals surface area contributed by atoms with Crippen LogP contribution in [0.2, 0.25) is 0 Å². The third-order valence-corrected chi connectivity index (χ3v) is 3.01. The lowest BCUT2D eigenvalue weighted by atomic mass is 10.2. The van der Waals surface area contributed by atoms with Crippen molar-refractivity contribution in [1.82, 2.24) is 4.98 Å². The van der Waals surface area contributed by atoms with Crippen molar-refractivity contribution in [2.45, 2.75) is 32.6 Å². The molecule has 0 unspecified atom stereocenters. The number of aromatic nitrogens is 1. The molecule has 0 saturated carbocycles. The summed E-state index contributed by atoms with van der Waals surface area (Å²) in [4.78, 5) is 25.9. The first-order valence-electron chi connectivity index (χ1n) is 4.71. The third kappa shape index (κ3) is 3.43. The van der Waals surface area contributed by atoms with Gasteiger partial charge >= 0.3 is 5.97 Å². The lowest BCUT2D eigenvalue weighted by Gasteiger charge is -1.96. The van der Waals surface area contributed by atoms with E-state index in [1.165, 1.54) is 11.3 Å². The number of nitrogens with zero attached hydrogens (tertiary/aromatic N) is 1. The molecule has 82 valence electrons. The molecule has 0 fully saturated rings. The monoisotopic (exact) mass is 227 g/mol. The van der Waals surface area contributed by atoms with Crippen molar-refractivity contribution in [3.8, 4) is 0 Å². The number of hydrogen-bond donors (Lipinski definition) is 1. The van der Waals surface area contributed by atoms with E-state index in [0.717, 1.165) is 5.01 Å². The molecule has 0 radical (unpaired) electrons. The van der Waals surface area contributed by atoms with Crippen LogP contribution in [0.3, 0.4) is 0 Å². The molecule has 0 spiro atoms. The van der Waals surface area contributed by atoms with E-state index in [2.05, 4.69) is 4.98 Å². The molecule has 0 aliphatic heterocycles. The molecule has 0 saturated heterocycles. The maximum Gasteiger partial charge on any atom is 0.303 e. The minimum Gasteiger partial charge on any atom is -0.481 e. The average molecular weight is 227 g/mol. The zero-order valence-electron chi connectivity index (χ0n) is 8.69. The summed E-state index contributed by atoms with van der Waals surface area (Å²) in [7, 11) is 0. The van der Waals surface area contributed by atoms with Gasteiger partial charge in [-0.3, -0.25) is 9.59 Å². The van der Waals surface area contributed by atoms with Gasteiger partial charge in [-0.2, -0.15) is 0 Å². The van der Waals surface area contributed by atoms with Gasteiger partial charge in [0.05, 0.1) is 11.4 Å². The van der Waals surface area contributed by atoms with Crippen molar-refractivity contribution in [2.75, 3.05) is 0 Å². The van der Waals surface area contributed by atoms with Gasteiger partial charge in [0.2, 0.25) is 0 Å². The van der Waals surface area contributed by atoms with E-state index in [9.17, 15) is 9.59 Å². The highest BCUT2D eigenvalue weighted by Gasteiger charge is 2.13. The number of carbonyl (C=O) groups excluding carboxylic acids is 1. The Balaban J connectivity index is 2.62. The first-order valence-corrected chi connectivity index (χ1v) is 5.59. The van der Waals surface area contributed by atoms with Gasteiger partial charge in [0.15, 0.2) is 5.78 Å². The first kappa shape index (κ1) is 11.8. The summed E-state index contributed by atoms with van der Waals surface area (Å²) in [5.74, 6) is -0.848. The molecule has 0 amide bonds. The molecule has 0 aliphatic rings. The molecule has 0 aromatic carbocycles. The van der Waals surface area contributed by atoms with Crippen LogP contribution in [0.5, 0.6) is 0 Å². The second kappa shape index (κ2) is 5.02. The molecule has 5 heteroatoms. The molecule has 1 aromatic rings. The van der Waals surface area contributed by atoms with E-state index in [4.69, 9.17) is 5.11 Å². The number of hydrogen-bond acceptors (Lipinski definition) is 4. The maximum atomic E-state index is 11.5. The van der Waals surface area contributed by atoms with Crippen molar-refractivity contribution < 1.29 is 14.7 Å². The minimum atomic E-state index is -0.956. The van der Waals surface area contributed by atoms with Crippen LogP contribution < -0.4 is 0 Å². The smallest absolute Gasteiger partial charge is 0.303 e. The molecule has 4 nitrogen and oxygen atoms in total. The predicted octanol–water partition coefficient (Wildman–Crippen LogP) is 2.31. The standard InChI is InChI=1S/C10H13NO3S/c1-6(2)10-11-7(5-15-10)8(12)3-4-9(13)14/h5-6H,3-4H2,1-2H3,(H,13,14). The lowest BCUT2D eigenvalue weighted by Crippen LogP contribution is -2.04. The van der Waals surface area contributed by atoms with E-state index in [0.29, 0.717) is 11.6 Å². The Kier molecular flexibility index (Phi) is 3.96. The normalized spacial score (nSPS) is 10.6. The Morgan fingerprint density at radius 1 is 1.47 bits per heavy atom.